The number of nitriles is 1. The Morgan fingerprint density at radius 1 is 1.33 bits per heavy atom. The molecule has 3 N–H and O–H groups in total. The quantitative estimate of drug-likeness (QED) is 0.698. The molecule has 0 saturated heterocycles. The van der Waals surface area contributed by atoms with Crippen molar-refractivity contribution in [2.45, 2.75) is 6.54 Å². The van der Waals surface area contributed by atoms with Gasteiger partial charge in [0.1, 0.15) is 18.1 Å². The van der Waals surface area contributed by atoms with Gasteiger partial charge in [0.15, 0.2) is 0 Å². The second-order valence-electron chi connectivity index (χ2n) is 5.14. The van der Waals surface area contributed by atoms with E-state index in [4.69, 9.17) is 15.7 Å². The maximum Gasteiger partial charge on any atom is 0.330 e. The van der Waals surface area contributed by atoms with Gasteiger partial charge < -0.3 is 15.4 Å². The molecule has 0 saturated carbocycles. The lowest BCUT2D eigenvalue weighted by Gasteiger charge is -2.23. The molecule has 0 aliphatic heterocycles. The van der Waals surface area contributed by atoms with Crippen LogP contribution >= 0.6 is 0 Å². The number of nitrogens with zero attached hydrogens (tertiary/aromatic N) is 3. The van der Waals surface area contributed by atoms with Crippen LogP contribution in [0.25, 0.3) is 0 Å². The molecule has 126 valence electrons. The standard InChI is InChI=1S/C16H19N5O3/c1-24-10-9-20(8-7-17)13-14(18)21(16(23)19-15(13)22)11-12-5-3-2-4-6-12/h2-6H,8-11,18H2,1H3,(H,19,22,23). The van der Waals surface area contributed by atoms with E-state index in [2.05, 4.69) is 4.98 Å². The number of rotatable bonds is 7. The number of nitrogen functional groups attached to an aromatic ring is 1. The number of hydrogen-bond acceptors (Lipinski definition) is 6. The topological polar surface area (TPSA) is 117 Å². The number of aromatic nitrogens is 2. The zero-order valence-corrected chi connectivity index (χ0v) is 13.4. The number of ether oxygens (including phenoxy) is 1. The third kappa shape index (κ3) is 3.83. The zero-order valence-electron chi connectivity index (χ0n) is 13.4. The van der Waals surface area contributed by atoms with Crippen molar-refractivity contribution in [3.05, 3.63) is 56.7 Å². The van der Waals surface area contributed by atoms with E-state index >= 15 is 0 Å². The van der Waals surface area contributed by atoms with Crippen LogP contribution in [0, 0.1) is 11.3 Å². The average Bonchev–Trinajstić information content (AvgIpc) is 2.57. The van der Waals surface area contributed by atoms with Gasteiger partial charge in [0.25, 0.3) is 5.56 Å². The van der Waals surface area contributed by atoms with Gasteiger partial charge in [0.05, 0.1) is 19.2 Å². The Labute approximate surface area is 138 Å². The molecule has 0 aliphatic carbocycles. The van der Waals surface area contributed by atoms with Gasteiger partial charge in [-0.05, 0) is 5.56 Å². The van der Waals surface area contributed by atoms with Gasteiger partial charge in [-0.15, -0.1) is 0 Å². The summed E-state index contributed by atoms with van der Waals surface area (Å²) in [6.07, 6.45) is 0. The molecule has 2 aromatic rings. The van der Waals surface area contributed by atoms with Crippen molar-refractivity contribution in [3.63, 3.8) is 0 Å². The third-order valence-corrected chi connectivity index (χ3v) is 3.54. The summed E-state index contributed by atoms with van der Waals surface area (Å²) >= 11 is 0. The third-order valence-electron chi connectivity index (χ3n) is 3.54. The van der Waals surface area contributed by atoms with Crippen molar-refractivity contribution in [1.29, 1.82) is 5.26 Å². The van der Waals surface area contributed by atoms with Gasteiger partial charge >= 0.3 is 5.69 Å². The van der Waals surface area contributed by atoms with E-state index in [0.29, 0.717) is 13.2 Å². The highest BCUT2D eigenvalue weighted by molar-refractivity contribution is 5.63. The highest BCUT2D eigenvalue weighted by atomic mass is 16.5. The van der Waals surface area contributed by atoms with Crippen LogP contribution in [0.5, 0.6) is 0 Å². The summed E-state index contributed by atoms with van der Waals surface area (Å²) in [4.78, 5) is 28.1. The first kappa shape index (κ1) is 17.3. The van der Waals surface area contributed by atoms with Gasteiger partial charge in [-0.3, -0.25) is 14.3 Å². The monoisotopic (exact) mass is 329 g/mol. The number of aromatic amines is 1. The van der Waals surface area contributed by atoms with E-state index in [1.165, 1.54) is 16.6 Å². The lowest BCUT2D eigenvalue weighted by Crippen LogP contribution is -2.40. The molecular weight excluding hydrogens is 310 g/mol. The molecule has 1 heterocycles. The van der Waals surface area contributed by atoms with E-state index in [-0.39, 0.29) is 24.6 Å². The first-order chi connectivity index (χ1) is 11.6. The maximum atomic E-state index is 12.2. The SMILES string of the molecule is COCCN(CC#N)c1c(N)n(Cc2ccccc2)c(=O)[nH]c1=O. The summed E-state index contributed by atoms with van der Waals surface area (Å²) in [6.45, 7) is 0.805. The summed E-state index contributed by atoms with van der Waals surface area (Å²) in [5.74, 6) is 0.0268. The molecule has 0 radical (unpaired) electrons. The van der Waals surface area contributed by atoms with Crippen molar-refractivity contribution < 1.29 is 4.74 Å². The molecule has 0 fully saturated rings. The lowest BCUT2D eigenvalue weighted by molar-refractivity contribution is 0.206. The molecule has 0 unspecified atom stereocenters. The second-order valence-corrected chi connectivity index (χ2v) is 5.14. The van der Waals surface area contributed by atoms with E-state index in [9.17, 15) is 9.59 Å². The molecule has 0 amide bonds. The Kier molecular flexibility index (Phi) is 5.76. The molecule has 0 bridgehead atoms. The van der Waals surface area contributed by atoms with Crippen LogP contribution in [-0.2, 0) is 11.3 Å². The number of methoxy groups -OCH3 is 1. The lowest BCUT2D eigenvalue weighted by atomic mass is 10.2. The van der Waals surface area contributed by atoms with Crippen molar-refractivity contribution in [2.24, 2.45) is 0 Å². The van der Waals surface area contributed by atoms with Crippen molar-refractivity contribution in [1.82, 2.24) is 9.55 Å². The minimum absolute atomic E-state index is 0.0268. The van der Waals surface area contributed by atoms with Crippen LogP contribution in [0.2, 0.25) is 0 Å². The first-order valence-corrected chi connectivity index (χ1v) is 7.35. The predicted molar refractivity (Wildman–Crippen MR) is 91.0 cm³/mol. The van der Waals surface area contributed by atoms with Crippen molar-refractivity contribution >= 4 is 11.5 Å². The van der Waals surface area contributed by atoms with Crippen LogP contribution in [0.4, 0.5) is 11.5 Å². The fourth-order valence-electron chi connectivity index (χ4n) is 2.36. The molecule has 0 atom stereocenters. The van der Waals surface area contributed by atoms with Crippen molar-refractivity contribution in [2.75, 3.05) is 37.4 Å². The number of nitrogens with two attached hydrogens (primary N) is 1. The van der Waals surface area contributed by atoms with E-state index < -0.39 is 11.2 Å². The van der Waals surface area contributed by atoms with Gasteiger partial charge in [-0.25, -0.2) is 4.79 Å². The largest absolute Gasteiger partial charge is 0.383 e. The van der Waals surface area contributed by atoms with E-state index in [1.807, 2.05) is 36.4 Å². The fraction of sp³-hybridized carbons (Fsp3) is 0.312. The Morgan fingerprint density at radius 3 is 2.67 bits per heavy atom. The summed E-state index contributed by atoms with van der Waals surface area (Å²) in [5, 5.41) is 8.98. The number of nitrogens with one attached hydrogen (secondary N) is 1. The summed E-state index contributed by atoms with van der Waals surface area (Å²) in [5.41, 5.74) is 5.85. The Bertz CT molecular complexity index is 836. The molecule has 1 aromatic heterocycles. The summed E-state index contributed by atoms with van der Waals surface area (Å²) in [6, 6.07) is 11.3. The first-order valence-electron chi connectivity index (χ1n) is 7.35. The molecule has 24 heavy (non-hydrogen) atoms. The van der Waals surface area contributed by atoms with E-state index in [0.717, 1.165) is 5.56 Å². The highest BCUT2D eigenvalue weighted by Crippen LogP contribution is 2.17. The van der Waals surface area contributed by atoms with Crippen LogP contribution < -0.4 is 21.9 Å². The fourth-order valence-corrected chi connectivity index (χ4v) is 2.36. The summed E-state index contributed by atoms with van der Waals surface area (Å²) < 4.78 is 6.28. The Hall–Kier alpha value is -3.05. The molecule has 8 nitrogen and oxygen atoms in total. The van der Waals surface area contributed by atoms with Crippen LogP contribution in [0.3, 0.4) is 0 Å². The Balaban J connectivity index is 2.49. The van der Waals surface area contributed by atoms with Crippen LogP contribution in [0.15, 0.2) is 39.9 Å². The highest BCUT2D eigenvalue weighted by Gasteiger charge is 2.18. The Morgan fingerprint density at radius 2 is 2.04 bits per heavy atom. The minimum Gasteiger partial charge on any atom is -0.383 e. The summed E-state index contributed by atoms with van der Waals surface area (Å²) in [7, 11) is 1.52. The molecule has 2 rings (SSSR count). The number of anilines is 2. The average molecular weight is 329 g/mol. The van der Waals surface area contributed by atoms with Gasteiger partial charge in [0, 0.05) is 13.7 Å². The molecule has 1 aromatic carbocycles. The molecule has 0 aliphatic rings. The predicted octanol–water partition coefficient (Wildman–Crippen LogP) is 0.143. The zero-order chi connectivity index (χ0) is 17.5. The number of benzene rings is 1. The molecule has 0 spiro atoms. The smallest absolute Gasteiger partial charge is 0.330 e. The van der Waals surface area contributed by atoms with Crippen LogP contribution in [0.1, 0.15) is 5.56 Å². The second kappa shape index (κ2) is 7.99. The minimum atomic E-state index is -0.617. The van der Waals surface area contributed by atoms with Crippen molar-refractivity contribution in [3.8, 4) is 6.07 Å². The van der Waals surface area contributed by atoms with Gasteiger partial charge in [-0.2, -0.15) is 5.26 Å². The van der Waals surface area contributed by atoms with Gasteiger partial charge in [0.2, 0.25) is 0 Å². The molecular formula is C16H19N5O3. The maximum absolute atomic E-state index is 12.2. The number of hydrogen-bond donors (Lipinski definition) is 2. The normalized spacial score (nSPS) is 10.3. The van der Waals surface area contributed by atoms with E-state index in [1.54, 1.807) is 0 Å². The van der Waals surface area contributed by atoms with Crippen LogP contribution in [-0.4, -0.2) is 36.4 Å². The number of H-pyrrole nitrogens is 1. The molecule has 8 heteroatoms. The van der Waals surface area contributed by atoms with Gasteiger partial charge in [-0.1, -0.05) is 30.3 Å².